The molecule has 1 saturated heterocycles. The second-order valence-corrected chi connectivity index (χ2v) is 27.8. The highest BCUT2D eigenvalue weighted by Crippen LogP contribution is 2.66. The summed E-state index contributed by atoms with van der Waals surface area (Å²) in [7, 11) is -26.6. The van der Waals surface area contributed by atoms with Crippen LogP contribution >= 0.6 is 23.5 Å². The number of anilines is 2. The van der Waals surface area contributed by atoms with Crippen molar-refractivity contribution < 1.29 is 101 Å². The number of nitrogens with one attached hydrogen (secondary N) is 2. The van der Waals surface area contributed by atoms with E-state index < -0.39 is 103 Å². The van der Waals surface area contributed by atoms with Crippen LogP contribution in [-0.2, 0) is 66.8 Å². The van der Waals surface area contributed by atoms with Gasteiger partial charge in [0.05, 0.1) is 29.6 Å². The molecule has 0 bridgehead atoms. The van der Waals surface area contributed by atoms with Gasteiger partial charge in [-0.05, 0) is 88.4 Å². The number of fused-ring (bicyclic) bond motifs is 3. The van der Waals surface area contributed by atoms with Crippen molar-refractivity contribution in [1.29, 1.82) is 0 Å². The third kappa shape index (κ3) is 16.2. The number of aliphatic hydroxyl groups is 1. The Hall–Kier alpha value is -6.61. The number of ether oxygens (including phenoxy) is 2. The molecule has 0 spiro atoms. The van der Waals surface area contributed by atoms with Gasteiger partial charge in [-0.2, -0.15) is 25.5 Å². The number of nitrogens with zero attached hydrogens (tertiary/aromatic N) is 6. The van der Waals surface area contributed by atoms with Crippen LogP contribution in [0.25, 0.3) is 39.9 Å². The maximum absolute atomic E-state index is 13.5. The lowest BCUT2D eigenvalue weighted by Crippen LogP contribution is -2.42. The summed E-state index contributed by atoms with van der Waals surface area (Å²) in [5.74, 6) is 0.101. The SMILES string of the molecule is CC[N+](CC)=c1ccc2c(/C=C/C=C3\N(CCCS(=O)(=O)O)c4ccc(S(=O)(=O)O)cc4C3(C)CCCC(=O)NCCNC(=O)O[C@H]3[C@@H](O)[C@H](n4cnc5c(N)ncnc54)O[C@@H]3COP(=O)(O)OP(=O)(O)OP(=O)(O)O)c(C)c(-c3ccccc3)oc-2c1. The van der Waals surface area contributed by atoms with Gasteiger partial charge in [0.25, 0.3) is 20.2 Å². The molecule has 2 aromatic carbocycles. The van der Waals surface area contributed by atoms with Crippen LogP contribution in [0.2, 0.25) is 0 Å². The maximum Gasteiger partial charge on any atom is 0.490 e. The van der Waals surface area contributed by atoms with E-state index in [9.17, 15) is 64.1 Å². The van der Waals surface area contributed by atoms with Crippen LogP contribution in [0.1, 0.15) is 69.4 Å². The number of imidazole rings is 1. The molecule has 3 unspecified atom stereocenters. The quantitative estimate of drug-likeness (QED) is 0.0151. The summed E-state index contributed by atoms with van der Waals surface area (Å²) in [5.41, 5.74) is 9.64. The predicted octanol–water partition coefficient (Wildman–Crippen LogP) is 4.78. The lowest BCUT2D eigenvalue weighted by Gasteiger charge is -2.30. The molecule has 7 atom stereocenters. The van der Waals surface area contributed by atoms with Crippen LogP contribution in [0.5, 0.6) is 0 Å². The number of aliphatic hydroxyl groups excluding tert-OH is 1. The van der Waals surface area contributed by atoms with Crippen molar-refractivity contribution in [1.82, 2.24) is 34.7 Å². The molecule has 1 fully saturated rings. The fourth-order valence-electron chi connectivity index (χ4n) is 10.5. The lowest BCUT2D eigenvalue weighted by atomic mass is 9.77. The molecule has 31 nitrogen and oxygen atoms in total. The zero-order valence-electron chi connectivity index (χ0n) is 47.5. The van der Waals surface area contributed by atoms with Crippen molar-refractivity contribution in [2.75, 3.05) is 55.7 Å². The molecule has 1 aliphatic carbocycles. The molecule has 0 radical (unpaired) electrons. The molecular formula is C52H65N9O22P3S2+. The van der Waals surface area contributed by atoms with E-state index in [0.717, 1.165) is 57.9 Å². The van der Waals surface area contributed by atoms with E-state index in [4.69, 9.17) is 33.9 Å². The fourth-order valence-corrected chi connectivity index (χ4v) is 14.5. The minimum Gasteiger partial charge on any atom is -0.456 e. The van der Waals surface area contributed by atoms with E-state index in [2.05, 4.69) is 52.6 Å². The Labute approximate surface area is 503 Å². The summed E-state index contributed by atoms with van der Waals surface area (Å²) in [5, 5.41) is 17.5. The molecule has 476 valence electrons. The van der Waals surface area contributed by atoms with Crippen molar-refractivity contribution in [2.45, 2.75) is 88.2 Å². The molecule has 11 N–H and O–H groups in total. The van der Waals surface area contributed by atoms with Gasteiger partial charge >= 0.3 is 29.6 Å². The number of allylic oxidation sites excluding steroid dienone is 3. The molecule has 2 amide bonds. The Morgan fingerprint density at radius 1 is 0.909 bits per heavy atom. The zero-order valence-corrected chi connectivity index (χ0v) is 51.8. The highest BCUT2D eigenvalue weighted by molar-refractivity contribution is 7.86. The van der Waals surface area contributed by atoms with Gasteiger partial charge in [-0.1, -0.05) is 42.5 Å². The highest BCUT2D eigenvalue weighted by atomic mass is 32.2. The third-order valence-corrected chi connectivity index (χ3v) is 20.0. The number of carbonyl (C=O) groups is 2. The Bertz CT molecular complexity index is 4080. The van der Waals surface area contributed by atoms with Crippen molar-refractivity contribution in [2.24, 2.45) is 0 Å². The molecule has 0 saturated carbocycles. The van der Waals surface area contributed by atoms with Crippen molar-refractivity contribution in [3.8, 4) is 22.6 Å². The predicted molar refractivity (Wildman–Crippen MR) is 316 cm³/mol. The third-order valence-electron chi connectivity index (χ3n) is 14.5. The standard InChI is InChI=1S/C52H64N9O22P3S2/c1-5-59(6-2)34-18-20-37-36(32(3)46(79-40(37)27-34)33-13-8-7-9-14-33)15-10-16-42-52(4,38-28-35(88(75,76)77)19-21-39(38)60(42)25-12-26-87(72,73)74)22-11-17-43(62)54-23-24-55-51(64)81-47-41(29-78-85(68,69)83-86(70,71)82-84(65,66)67)80-50(45(47)63)61-31-58-44-48(53)56-30-57-49(44)61/h7-10,13-16,18-21,27-28,30-31,41,45,47,50,63H,5-6,11-12,17,22-26,29H2,1-4H3,(H9-,53,54,55,56,57,62,64,65,66,67,68,69,70,71,72,73,74,75,76,77)/p+1/t41-,45-,47-,50-,52?/m1/s1. The molecule has 88 heavy (non-hydrogen) atoms. The van der Waals surface area contributed by atoms with E-state index in [0.29, 0.717) is 28.5 Å². The number of phosphoric acid groups is 3. The van der Waals surface area contributed by atoms with Crippen molar-refractivity contribution in [3.05, 3.63) is 119 Å². The first-order valence-electron chi connectivity index (χ1n) is 27.0. The first kappa shape index (κ1) is 67.3. The van der Waals surface area contributed by atoms with Gasteiger partial charge in [0.2, 0.25) is 11.3 Å². The van der Waals surface area contributed by atoms with Crippen LogP contribution in [0.3, 0.4) is 0 Å². The number of hydrogen-bond acceptors (Lipinski definition) is 21. The number of alkyl carbamates (subject to hydrolysis) is 1. The van der Waals surface area contributed by atoms with Crippen molar-refractivity contribution in [3.63, 3.8) is 0 Å². The summed E-state index contributed by atoms with van der Waals surface area (Å²) >= 11 is 0. The summed E-state index contributed by atoms with van der Waals surface area (Å²) < 4.78 is 138. The minimum atomic E-state index is -5.95. The molecule has 8 rings (SSSR count). The van der Waals surface area contributed by atoms with Crippen LogP contribution in [0, 0.1) is 6.92 Å². The molecule has 2 aromatic heterocycles. The average molecular weight is 1330 g/mol. The molecule has 4 aliphatic rings. The molecule has 4 aromatic rings. The van der Waals surface area contributed by atoms with E-state index in [1.54, 1.807) is 4.90 Å². The minimum absolute atomic E-state index is 0.0184. The fraction of sp³-hybridized carbons (Fsp3) is 0.385. The number of rotatable bonds is 26. The first-order chi connectivity index (χ1) is 41.3. The largest absolute Gasteiger partial charge is 0.490 e. The van der Waals surface area contributed by atoms with Gasteiger partial charge < -0.3 is 59.8 Å². The normalized spacial score (nSPS) is 20.8. The second-order valence-electron chi connectivity index (χ2n) is 20.4. The molecule has 3 aliphatic heterocycles. The Morgan fingerprint density at radius 2 is 1.62 bits per heavy atom. The van der Waals surface area contributed by atoms with Crippen LogP contribution in [0.4, 0.5) is 16.3 Å². The second kappa shape index (κ2) is 27.2. The number of nitrogens with two attached hydrogens (primary N) is 1. The number of nitrogen functional groups attached to an aromatic ring is 1. The maximum atomic E-state index is 13.5. The van der Waals surface area contributed by atoms with Gasteiger partial charge in [-0.15, -0.1) is 0 Å². The number of carbonyl (C=O) groups excluding carboxylic acids is 2. The Kier molecular flexibility index (Phi) is 20.8. The number of amides is 2. The summed E-state index contributed by atoms with van der Waals surface area (Å²) in [6.07, 6.45) is -0.223. The first-order valence-corrected chi connectivity index (χ1v) is 34.6. The number of benzene rings is 3. The van der Waals surface area contributed by atoms with Gasteiger partial charge in [0.1, 0.15) is 48.7 Å². The number of aromatic nitrogens is 4. The van der Waals surface area contributed by atoms with Crippen molar-refractivity contribution >= 4 is 84.4 Å². The van der Waals surface area contributed by atoms with Gasteiger partial charge in [-0.3, -0.25) is 23.0 Å². The van der Waals surface area contributed by atoms with Gasteiger partial charge in [0, 0.05) is 65.6 Å². The summed E-state index contributed by atoms with van der Waals surface area (Å²) in [4.78, 5) is 77.7. The lowest BCUT2D eigenvalue weighted by molar-refractivity contribution is -0.121. The summed E-state index contributed by atoms with van der Waals surface area (Å²) in [6.45, 7) is 7.80. The highest BCUT2D eigenvalue weighted by Gasteiger charge is 2.50. The number of hydrogen-bond donors (Lipinski definition) is 10. The molecule has 5 heterocycles. The zero-order chi connectivity index (χ0) is 64.1. The Balaban J connectivity index is 0.992. The summed E-state index contributed by atoms with van der Waals surface area (Å²) in [6, 6.07) is 19.6. The smallest absolute Gasteiger partial charge is 0.456 e. The molecular weight excluding hydrogens is 1260 g/mol. The van der Waals surface area contributed by atoms with E-state index >= 15 is 0 Å². The van der Waals surface area contributed by atoms with E-state index in [-0.39, 0.29) is 62.3 Å². The van der Waals surface area contributed by atoms with Crippen LogP contribution in [-0.4, -0.2) is 146 Å². The van der Waals surface area contributed by atoms with Crippen LogP contribution < -0.4 is 31.2 Å². The topological polar surface area (TPSA) is 454 Å². The van der Waals surface area contributed by atoms with E-state index in [1.807, 2.05) is 80.6 Å². The monoisotopic (exact) mass is 1320 g/mol. The average Bonchev–Trinajstić information content (AvgIpc) is 1.91. The number of phosphoric ester groups is 1. The van der Waals surface area contributed by atoms with Crippen LogP contribution in [0.15, 0.2) is 107 Å². The van der Waals surface area contributed by atoms with E-state index in [1.165, 1.54) is 18.2 Å². The molecule has 36 heteroatoms. The van der Waals surface area contributed by atoms with Gasteiger partial charge in [-0.25, -0.2) is 38.0 Å². The van der Waals surface area contributed by atoms with Gasteiger partial charge in [0.15, 0.2) is 23.8 Å². The Morgan fingerprint density at radius 3 is 2.31 bits per heavy atom.